The van der Waals surface area contributed by atoms with Gasteiger partial charge in [-0.3, -0.25) is 4.79 Å². The van der Waals surface area contributed by atoms with Crippen LogP contribution in [0.2, 0.25) is 0 Å². The maximum absolute atomic E-state index is 12.8. The van der Waals surface area contributed by atoms with Gasteiger partial charge in [0.2, 0.25) is 0 Å². The molecule has 3 aliphatic rings. The molecule has 2 saturated carbocycles. The number of ketones is 1. The third kappa shape index (κ3) is 3.19. The van der Waals surface area contributed by atoms with E-state index in [2.05, 4.69) is 18.9 Å². The van der Waals surface area contributed by atoms with Crippen molar-refractivity contribution in [3.05, 3.63) is 0 Å². The van der Waals surface area contributed by atoms with Crippen molar-refractivity contribution in [1.29, 1.82) is 0 Å². The third-order valence-corrected chi connectivity index (χ3v) is 7.52. The largest absolute Gasteiger partial charge is 0.319 e. The zero-order valence-corrected chi connectivity index (χ0v) is 15.2. The highest BCUT2D eigenvalue weighted by Gasteiger charge is 2.48. The number of hydrogen-bond donors (Lipinski definition) is 1. The van der Waals surface area contributed by atoms with Crippen LogP contribution < -0.4 is 4.90 Å². The molecular formula is C17H29Cl2N2O+. The van der Waals surface area contributed by atoms with Crippen molar-refractivity contribution < 1.29 is 9.69 Å². The molecule has 0 aromatic heterocycles. The average Bonchev–Trinajstić information content (AvgIpc) is 2.75. The van der Waals surface area contributed by atoms with E-state index in [0.29, 0.717) is 24.5 Å². The van der Waals surface area contributed by atoms with Crippen LogP contribution in [0.25, 0.3) is 0 Å². The minimum atomic E-state index is -0.0453. The maximum atomic E-state index is 12.8. The number of nitrogens with one attached hydrogen (secondary N) is 1. The Morgan fingerprint density at radius 1 is 1.14 bits per heavy atom. The first-order valence-electron chi connectivity index (χ1n) is 8.89. The van der Waals surface area contributed by atoms with Gasteiger partial charge in [-0.05, 0) is 32.1 Å². The van der Waals surface area contributed by atoms with Crippen LogP contribution in [0.4, 0.5) is 0 Å². The Bertz CT molecular complexity index is 419. The Hall–Kier alpha value is 0.170. The fourth-order valence-electron chi connectivity index (χ4n) is 4.83. The van der Waals surface area contributed by atoms with Crippen molar-refractivity contribution in [2.75, 3.05) is 13.6 Å². The summed E-state index contributed by atoms with van der Waals surface area (Å²) < 4.78 is 0. The van der Waals surface area contributed by atoms with Crippen LogP contribution in [0, 0.1) is 5.92 Å². The average molecular weight is 348 g/mol. The van der Waals surface area contributed by atoms with Crippen molar-refractivity contribution in [3.8, 4) is 0 Å². The molecule has 3 fully saturated rings. The fraction of sp³-hybridized carbons (Fsp3) is 0.941. The summed E-state index contributed by atoms with van der Waals surface area (Å²) in [6, 6.07) is 1.32. The molecule has 7 unspecified atom stereocenters. The van der Waals surface area contributed by atoms with Gasteiger partial charge < -0.3 is 4.90 Å². The molecule has 7 atom stereocenters. The highest BCUT2D eigenvalue weighted by Crippen LogP contribution is 2.33. The zero-order valence-electron chi connectivity index (χ0n) is 13.7. The molecule has 3 nitrogen and oxygen atoms in total. The summed E-state index contributed by atoms with van der Waals surface area (Å²) in [4.78, 5) is 16.9. The van der Waals surface area contributed by atoms with Crippen LogP contribution in [0.5, 0.6) is 0 Å². The van der Waals surface area contributed by atoms with Crippen LogP contribution in [0.15, 0.2) is 0 Å². The molecule has 0 amide bonds. The number of hydrogen-bond acceptors (Lipinski definition) is 2. The molecule has 0 aromatic rings. The molecule has 1 heterocycles. The molecule has 0 aromatic carbocycles. The van der Waals surface area contributed by atoms with Gasteiger partial charge in [-0.1, -0.05) is 6.42 Å². The Kier molecular flexibility index (Phi) is 5.38. The lowest BCUT2D eigenvalue weighted by molar-refractivity contribution is -0.921. The second kappa shape index (κ2) is 6.96. The van der Waals surface area contributed by atoms with E-state index in [9.17, 15) is 4.79 Å². The third-order valence-electron chi connectivity index (χ3n) is 6.38. The standard InChI is InChI=1S/C17H28Cl2N2O/c1-11-20(2)15-5-3-4-6-16(15)21(11)10-17(22)12-7-8-13(18)14(19)9-12/h11-16H,3-10H2,1-2H3/p+1. The summed E-state index contributed by atoms with van der Waals surface area (Å²) in [6.07, 6.45) is 8.22. The van der Waals surface area contributed by atoms with Crippen molar-refractivity contribution in [2.24, 2.45) is 5.92 Å². The first kappa shape index (κ1) is 17.0. The van der Waals surface area contributed by atoms with Crippen LogP contribution in [0.3, 0.4) is 0 Å². The van der Waals surface area contributed by atoms with Gasteiger partial charge in [-0.15, -0.1) is 23.2 Å². The first-order chi connectivity index (χ1) is 10.5. The van der Waals surface area contributed by atoms with Crippen molar-refractivity contribution in [1.82, 2.24) is 4.90 Å². The van der Waals surface area contributed by atoms with Crippen LogP contribution in [0.1, 0.15) is 51.9 Å². The number of alkyl halides is 2. The number of carbonyl (C=O) groups excluding carboxylic acids is 1. The molecule has 1 aliphatic heterocycles. The van der Waals surface area contributed by atoms with Gasteiger partial charge in [0.15, 0.2) is 0 Å². The molecule has 1 saturated heterocycles. The lowest BCUT2D eigenvalue weighted by Crippen LogP contribution is -3.15. The first-order valence-corrected chi connectivity index (χ1v) is 9.76. The van der Waals surface area contributed by atoms with Crippen molar-refractivity contribution in [3.63, 3.8) is 0 Å². The van der Waals surface area contributed by atoms with E-state index in [-0.39, 0.29) is 16.7 Å². The zero-order chi connectivity index (χ0) is 15.9. The number of fused-ring (bicyclic) bond motifs is 1. The minimum absolute atomic E-state index is 0.0368. The summed E-state index contributed by atoms with van der Waals surface area (Å²) in [5, 5.41) is -0.00849. The second-order valence-electron chi connectivity index (χ2n) is 7.56. The molecule has 0 spiro atoms. The van der Waals surface area contributed by atoms with Crippen LogP contribution in [-0.2, 0) is 4.79 Å². The molecule has 0 radical (unpaired) electrons. The summed E-state index contributed by atoms with van der Waals surface area (Å²) in [6.45, 7) is 2.89. The molecule has 2 aliphatic carbocycles. The van der Waals surface area contributed by atoms with Gasteiger partial charge in [0.05, 0.1) is 25.0 Å². The van der Waals surface area contributed by atoms with Gasteiger partial charge in [0.25, 0.3) is 0 Å². The smallest absolute Gasteiger partial charge is 0.150 e. The summed E-state index contributed by atoms with van der Waals surface area (Å²) in [5.74, 6) is 0.507. The van der Waals surface area contributed by atoms with E-state index in [4.69, 9.17) is 23.2 Å². The van der Waals surface area contributed by atoms with E-state index in [1.165, 1.54) is 25.7 Å². The highest BCUT2D eigenvalue weighted by molar-refractivity contribution is 6.30. The normalized spacial score (nSPS) is 46.5. The SMILES string of the molecule is CC1N(CC(=O)C2CCC(Cl)C(Cl)C2)C2CCCCC2[NH+]1C. The quantitative estimate of drug-likeness (QED) is 0.790. The van der Waals surface area contributed by atoms with E-state index in [0.717, 1.165) is 25.3 Å². The lowest BCUT2D eigenvalue weighted by atomic mass is 9.85. The number of halogens is 2. The predicted molar refractivity (Wildman–Crippen MR) is 90.7 cm³/mol. The van der Waals surface area contributed by atoms with Gasteiger partial charge in [0.1, 0.15) is 18.0 Å². The van der Waals surface area contributed by atoms with Gasteiger partial charge in [0, 0.05) is 24.6 Å². The molecule has 5 heteroatoms. The minimum Gasteiger partial charge on any atom is -0.319 e. The lowest BCUT2D eigenvalue weighted by Gasteiger charge is -2.32. The van der Waals surface area contributed by atoms with E-state index >= 15 is 0 Å². The molecular weight excluding hydrogens is 319 g/mol. The van der Waals surface area contributed by atoms with E-state index < -0.39 is 0 Å². The number of likely N-dealkylation sites (N-methyl/N-ethyl adjacent to an activating group) is 1. The van der Waals surface area contributed by atoms with Gasteiger partial charge in [-0.25, -0.2) is 4.90 Å². The topological polar surface area (TPSA) is 24.8 Å². The molecule has 22 heavy (non-hydrogen) atoms. The van der Waals surface area contributed by atoms with Gasteiger partial charge in [-0.2, -0.15) is 0 Å². The number of quaternary nitrogens is 1. The van der Waals surface area contributed by atoms with Crippen molar-refractivity contribution >= 4 is 29.0 Å². The van der Waals surface area contributed by atoms with Gasteiger partial charge >= 0.3 is 0 Å². The number of carbonyl (C=O) groups is 1. The Balaban J connectivity index is 1.63. The molecule has 1 N–H and O–H groups in total. The number of nitrogens with zero attached hydrogens (tertiary/aromatic N) is 1. The Morgan fingerprint density at radius 3 is 2.59 bits per heavy atom. The van der Waals surface area contributed by atoms with E-state index in [1.54, 1.807) is 4.90 Å². The Morgan fingerprint density at radius 2 is 1.86 bits per heavy atom. The number of Topliss-reactive ketones (excluding diaryl/α,β-unsaturated/α-hetero) is 1. The van der Waals surface area contributed by atoms with Crippen LogP contribution in [-0.4, -0.2) is 53.3 Å². The Labute approximate surface area is 144 Å². The maximum Gasteiger partial charge on any atom is 0.150 e. The number of rotatable bonds is 3. The fourth-order valence-corrected chi connectivity index (χ4v) is 5.40. The second-order valence-corrected chi connectivity index (χ2v) is 8.68. The predicted octanol–water partition coefficient (Wildman–Crippen LogP) is 2.06. The highest BCUT2D eigenvalue weighted by atomic mass is 35.5. The summed E-state index contributed by atoms with van der Waals surface area (Å²) in [5.41, 5.74) is 0. The van der Waals surface area contributed by atoms with E-state index in [1.807, 2.05) is 0 Å². The van der Waals surface area contributed by atoms with Crippen molar-refractivity contribution in [2.45, 2.75) is 80.9 Å². The molecule has 126 valence electrons. The summed E-state index contributed by atoms with van der Waals surface area (Å²) >= 11 is 12.5. The van der Waals surface area contributed by atoms with Crippen LogP contribution >= 0.6 is 23.2 Å². The monoisotopic (exact) mass is 347 g/mol. The molecule has 3 rings (SSSR count). The molecule has 0 bridgehead atoms. The summed E-state index contributed by atoms with van der Waals surface area (Å²) in [7, 11) is 2.30.